The number of hydrogen-bond acceptors (Lipinski definition) is 4. The van der Waals surface area contributed by atoms with Crippen LogP contribution in [0.3, 0.4) is 0 Å². The van der Waals surface area contributed by atoms with E-state index in [0.29, 0.717) is 0 Å². The molecule has 1 amide bonds. The molecule has 24 heavy (non-hydrogen) atoms. The monoisotopic (exact) mass is 328 g/mol. The highest BCUT2D eigenvalue weighted by Gasteiger charge is 2.29. The number of nitrogens with one attached hydrogen (secondary N) is 1. The number of fused-ring (bicyclic) bond motifs is 1. The van der Waals surface area contributed by atoms with Gasteiger partial charge < -0.3 is 15.2 Å². The summed E-state index contributed by atoms with van der Waals surface area (Å²) in [5, 5.41) is 14.8. The van der Waals surface area contributed by atoms with Crippen LogP contribution in [0.5, 0.6) is 5.75 Å². The zero-order valence-corrected chi connectivity index (χ0v) is 14.2. The second-order valence-corrected chi connectivity index (χ2v) is 6.98. The van der Waals surface area contributed by atoms with Gasteiger partial charge in [0.1, 0.15) is 11.4 Å². The molecule has 1 aliphatic rings. The normalized spacial score (nSPS) is 21.5. The van der Waals surface area contributed by atoms with Crippen molar-refractivity contribution >= 4 is 16.7 Å². The number of carbonyl (C=O) groups is 1. The predicted octanol–water partition coefficient (Wildman–Crippen LogP) is 2.81. The molecule has 3 rings (SSSR count). The molecular formula is C19H24N2O3. The summed E-state index contributed by atoms with van der Waals surface area (Å²) in [6, 6.07) is 8.08. The van der Waals surface area contributed by atoms with E-state index in [2.05, 4.69) is 10.3 Å². The maximum absolute atomic E-state index is 11.9. The SMILES string of the molecule is CC(C)(O)C(=O)NC1CCC(Oc2cccc3cnccc23)CC1. The van der Waals surface area contributed by atoms with Crippen LogP contribution in [0.2, 0.25) is 0 Å². The fourth-order valence-electron chi connectivity index (χ4n) is 3.06. The van der Waals surface area contributed by atoms with E-state index >= 15 is 0 Å². The molecule has 2 aromatic rings. The lowest BCUT2D eigenvalue weighted by atomic mass is 9.92. The van der Waals surface area contributed by atoms with Gasteiger partial charge in [0, 0.05) is 29.2 Å². The molecule has 1 aromatic carbocycles. The van der Waals surface area contributed by atoms with E-state index < -0.39 is 5.60 Å². The Labute approximate surface area is 142 Å². The number of ether oxygens (including phenoxy) is 1. The van der Waals surface area contributed by atoms with E-state index in [4.69, 9.17) is 4.74 Å². The Hall–Kier alpha value is -2.14. The number of aliphatic hydroxyl groups is 1. The summed E-state index contributed by atoms with van der Waals surface area (Å²) in [4.78, 5) is 16.0. The highest BCUT2D eigenvalue weighted by Crippen LogP contribution is 2.29. The smallest absolute Gasteiger partial charge is 0.251 e. The molecule has 128 valence electrons. The van der Waals surface area contributed by atoms with Gasteiger partial charge in [-0.2, -0.15) is 0 Å². The molecule has 5 nitrogen and oxygen atoms in total. The Morgan fingerprint density at radius 3 is 2.71 bits per heavy atom. The van der Waals surface area contributed by atoms with Crippen molar-refractivity contribution in [3.05, 3.63) is 36.7 Å². The second kappa shape index (κ2) is 6.77. The van der Waals surface area contributed by atoms with Gasteiger partial charge in [0.05, 0.1) is 6.10 Å². The summed E-state index contributed by atoms with van der Waals surface area (Å²) in [5.41, 5.74) is -1.33. The number of amides is 1. The van der Waals surface area contributed by atoms with Crippen molar-refractivity contribution in [1.82, 2.24) is 10.3 Å². The molecule has 0 radical (unpaired) electrons. The van der Waals surface area contributed by atoms with Crippen LogP contribution in [0.4, 0.5) is 0 Å². The van der Waals surface area contributed by atoms with E-state index in [1.807, 2.05) is 30.5 Å². The lowest BCUT2D eigenvalue weighted by Gasteiger charge is -2.31. The van der Waals surface area contributed by atoms with Gasteiger partial charge >= 0.3 is 0 Å². The van der Waals surface area contributed by atoms with Crippen LogP contribution in [-0.4, -0.2) is 33.7 Å². The summed E-state index contributed by atoms with van der Waals surface area (Å²) in [5.74, 6) is 0.576. The first-order valence-electron chi connectivity index (χ1n) is 8.46. The topological polar surface area (TPSA) is 71.5 Å². The molecule has 1 fully saturated rings. The molecule has 0 atom stereocenters. The number of hydrogen-bond donors (Lipinski definition) is 2. The predicted molar refractivity (Wildman–Crippen MR) is 92.9 cm³/mol. The van der Waals surface area contributed by atoms with Crippen LogP contribution >= 0.6 is 0 Å². The van der Waals surface area contributed by atoms with Crippen molar-refractivity contribution in [3.8, 4) is 5.75 Å². The second-order valence-electron chi connectivity index (χ2n) is 6.98. The summed E-state index contributed by atoms with van der Waals surface area (Å²) >= 11 is 0. The van der Waals surface area contributed by atoms with Crippen LogP contribution in [0.25, 0.3) is 10.8 Å². The first kappa shape index (κ1) is 16.7. The van der Waals surface area contributed by atoms with Gasteiger partial charge in [-0.25, -0.2) is 0 Å². The molecule has 0 spiro atoms. The number of benzene rings is 1. The molecule has 0 unspecified atom stereocenters. The fourth-order valence-corrected chi connectivity index (χ4v) is 3.06. The van der Waals surface area contributed by atoms with Crippen LogP contribution < -0.4 is 10.1 Å². The zero-order chi connectivity index (χ0) is 17.2. The molecule has 1 saturated carbocycles. The van der Waals surface area contributed by atoms with E-state index in [9.17, 15) is 9.90 Å². The average molecular weight is 328 g/mol. The Kier molecular flexibility index (Phi) is 4.71. The Morgan fingerprint density at radius 1 is 1.25 bits per heavy atom. The minimum Gasteiger partial charge on any atom is -0.490 e. The van der Waals surface area contributed by atoms with Gasteiger partial charge in [0.15, 0.2) is 0 Å². The summed E-state index contributed by atoms with van der Waals surface area (Å²) in [6.07, 6.45) is 7.26. The fraction of sp³-hybridized carbons (Fsp3) is 0.474. The molecule has 0 bridgehead atoms. The van der Waals surface area contributed by atoms with Crippen molar-refractivity contribution in [2.75, 3.05) is 0 Å². The average Bonchev–Trinajstić information content (AvgIpc) is 2.56. The molecule has 1 aromatic heterocycles. The van der Waals surface area contributed by atoms with Crippen LogP contribution in [-0.2, 0) is 4.79 Å². The third-order valence-corrected chi connectivity index (χ3v) is 4.50. The third-order valence-electron chi connectivity index (χ3n) is 4.50. The summed E-state index contributed by atoms with van der Waals surface area (Å²) < 4.78 is 6.20. The van der Waals surface area contributed by atoms with E-state index in [-0.39, 0.29) is 18.1 Å². The highest BCUT2D eigenvalue weighted by atomic mass is 16.5. The zero-order valence-electron chi connectivity index (χ0n) is 14.2. The first-order chi connectivity index (χ1) is 11.4. The van der Waals surface area contributed by atoms with E-state index in [1.54, 1.807) is 6.20 Å². The Bertz CT molecular complexity index is 711. The maximum atomic E-state index is 11.9. The maximum Gasteiger partial charge on any atom is 0.251 e. The summed E-state index contributed by atoms with van der Waals surface area (Å²) in [7, 11) is 0. The van der Waals surface area contributed by atoms with Gasteiger partial charge in [-0.15, -0.1) is 0 Å². The van der Waals surface area contributed by atoms with Crippen LogP contribution in [0.15, 0.2) is 36.7 Å². The Morgan fingerprint density at radius 2 is 2.00 bits per heavy atom. The first-order valence-corrected chi connectivity index (χ1v) is 8.46. The molecule has 5 heteroatoms. The third kappa shape index (κ3) is 3.85. The van der Waals surface area contributed by atoms with E-state index in [1.165, 1.54) is 13.8 Å². The summed E-state index contributed by atoms with van der Waals surface area (Å²) in [6.45, 7) is 3.01. The van der Waals surface area contributed by atoms with Gasteiger partial charge in [-0.3, -0.25) is 9.78 Å². The van der Waals surface area contributed by atoms with Crippen molar-refractivity contribution in [2.24, 2.45) is 0 Å². The van der Waals surface area contributed by atoms with Crippen LogP contribution in [0.1, 0.15) is 39.5 Å². The van der Waals surface area contributed by atoms with Gasteiger partial charge in [-0.05, 0) is 51.7 Å². The quantitative estimate of drug-likeness (QED) is 0.905. The highest BCUT2D eigenvalue weighted by molar-refractivity contribution is 5.87. The van der Waals surface area contributed by atoms with Crippen LogP contribution in [0, 0.1) is 0 Å². The molecular weight excluding hydrogens is 304 g/mol. The largest absolute Gasteiger partial charge is 0.490 e. The Balaban J connectivity index is 1.58. The molecule has 1 aliphatic carbocycles. The number of carbonyl (C=O) groups excluding carboxylic acids is 1. The van der Waals surface area contributed by atoms with E-state index in [0.717, 1.165) is 42.2 Å². The number of rotatable bonds is 4. The minimum atomic E-state index is -1.33. The number of nitrogens with zero attached hydrogens (tertiary/aromatic N) is 1. The van der Waals surface area contributed by atoms with Crippen molar-refractivity contribution in [1.29, 1.82) is 0 Å². The molecule has 2 N–H and O–H groups in total. The standard InChI is InChI=1S/C19H24N2O3/c1-19(2,23)18(22)21-14-6-8-15(9-7-14)24-17-5-3-4-13-12-20-11-10-16(13)17/h3-5,10-12,14-15,23H,6-9H2,1-2H3,(H,21,22). The van der Waals surface area contributed by atoms with Gasteiger partial charge in [0.25, 0.3) is 5.91 Å². The minimum absolute atomic E-state index is 0.112. The van der Waals surface area contributed by atoms with Crippen molar-refractivity contribution in [2.45, 2.75) is 57.3 Å². The molecule has 1 heterocycles. The van der Waals surface area contributed by atoms with Gasteiger partial charge in [0.2, 0.25) is 0 Å². The van der Waals surface area contributed by atoms with Gasteiger partial charge in [-0.1, -0.05) is 12.1 Å². The number of pyridine rings is 1. The lowest BCUT2D eigenvalue weighted by Crippen LogP contribution is -2.48. The van der Waals surface area contributed by atoms with Crippen molar-refractivity contribution in [3.63, 3.8) is 0 Å². The van der Waals surface area contributed by atoms with Crippen molar-refractivity contribution < 1.29 is 14.6 Å². The molecule has 0 aliphatic heterocycles. The molecule has 0 saturated heterocycles. The lowest BCUT2D eigenvalue weighted by molar-refractivity contribution is -0.137. The number of aromatic nitrogens is 1.